The van der Waals surface area contributed by atoms with Crippen molar-refractivity contribution in [3.63, 3.8) is 0 Å². The number of anilines is 1. The fourth-order valence-electron chi connectivity index (χ4n) is 2.08. The van der Waals surface area contributed by atoms with E-state index in [9.17, 15) is 8.78 Å². The fraction of sp³-hybridized carbons (Fsp3) is 0.500. The van der Waals surface area contributed by atoms with E-state index in [4.69, 9.17) is 0 Å². The molecular weight excluding hydrogens is 210 g/mol. The molecule has 1 saturated heterocycles. The Balaban J connectivity index is 2.02. The maximum absolute atomic E-state index is 13.0. The largest absolute Gasteiger partial charge is 0.381 e. The molecule has 2 nitrogen and oxygen atoms in total. The Kier molecular flexibility index (Phi) is 2.84. The molecule has 0 aliphatic carbocycles. The van der Waals surface area contributed by atoms with Gasteiger partial charge in [-0.25, -0.2) is 8.78 Å². The molecule has 16 heavy (non-hydrogen) atoms. The number of halogens is 2. The number of hydrogen-bond donors (Lipinski definition) is 2. The summed E-state index contributed by atoms with van der Waals surface area (Å²) in [6, 6.07) is 4.16. The van der Waals surface area contributed by atoms with Crippen LogP contribution in [0.2, 0.25) is 0 Å². The number of benzene rings is 1. The van der Waals surface area contributed by atoms with Gasteiger partial charge in [-0.15, -0.1) is 0 Å². The first kappa shape index (κ1) is 11.3. The summed E-state index contributed by atoms with van der Waals surface area (Å²) in [5, 5.41) is 6.56. The first-order valence-electron chi connectivity index (χ1n) is 5.43. The number of hydrogen-bond acceptors (Lipinski definition) is 2. The molecule has 4 heteroatoms. The first-order valence-corrected chi connectivity index (χ1v) is 5.43. The third-order valence-electron chi connectivity index (χ3n) is 2.87. The minimum atomic E-state index is -0.810. The van der Waals surface area contributed by atoms with Gasteiger partial charge in [0.1, 0.15) is 0 Å². The lowest BCUT2D eigenvalue weighted by Crippen LogP contribution is -2.31. The second-order valence-electron chi connectivity index (χ2n) is 4.94. The molecule has 88 valence electrons. The van der Waals surface area contributed by atoms with E-state index in [-0.39, 0.29) is 11.6 Å². The lowest BCUT2D eigenvalue weighted by Gasteiger charge is -2.18. The highest BCUT2D eigenvalue weighted by atomic mass is 19.2. The summed E-state index contributed by atoms with van der Waals surface area (Å²) >= 11 is 0. The van der Waals surface area contributed by atoms with Crippen molar-refractivity contribution in [3.8, 4) is 0 Å². The highest BCUT2D eigenvalue weighted by molar-refractivity contribution is 5.44. The van der Waals surface area contributed by atoms with Crippen molar-refractivity contribution in [1.82, 2.24) is 5.32 Å². The fourth-order valence-corrected chi connectivity index (χ4v) is 2.08. The Morgan fingerprint density at radius 2 is 2.06 bits per heavy atom. The molecule has 1 aliphatic rings. The van der Waals surface area contributed by atoms with E-state index in [0.29, 0.717) is 5.69 Å². The molecule has 0 radical (unpaired) electrons. The van der Waals surface area contributed by atoms with Crippen LogP contribution >= 0.6 is 0 Å². The van der Waals surface area contributed by atoms with Gasteiger partial charge < -0.3 is 10.6 Å². The van der Waals surface area contributed by atoms with Crippen LogP contribution in [0.3, 0.4) is 0 Å². The summed E-state index contributed by atoms with van der Waals surface area (Å²) in [5.74, 6) is -1.62. The van der Waals surface area contributed by atoms with Gasteiger partial charge in [0.15, 0.2) is 11.6 Å². The van der Waals surface area contributed by atoms with Crippen molar-refractivity contribution >= 4 is 5.69 Å². The average molecular weight is 226 g/mol. The quantitative estimate of drug-likeness (QED) is 0.809. The predicted molar refractivity (Wildman–Crippen MR) is 60.5 cm³/mol. The Labute approximate surface area is 94.0 Å². The highest BCUT2D eigenvalue weighted by Crippen LogP contribution is 2.22. The van der Waals surface area contributed by atoms with Crippen LogP contribution in [0.1, 0.15) is 20.3 Å². The van der Waals surface area contributed by atoms with Gasteiger partial charge in [0.25, 0.3) is 0 Å². The molecule has 1 unspecified atom stereocenters. The Hall–Kier alpha value is -1.16. The summed E-state index contributed by atoms with van der Waals surface area (Å²) in [4.78, 5) is 0. The maximum atomic E-state index is 13.0. The van der Waals surface area contributed by atoms with Gasteiger partial charge >= 0.3 is 0 Å². The minimum Gasteiger partial charge on any atom is -0.381 e. The van der Waals surface area contributed by atoms with Gasteiger partial charge in [-0.05, 0) is 32.4 Å². The minimum absolute atomic E-state index is 0.107. The summed E-state index contributed by atoms with van der Waals surface area (Å²) in [7, 11) is 0. The van der Waals surface area contributed by atoms with Gasteiger partial charge in [-0.1, -0.05) is 0 Å². The Bertz CT molecular complexity index is 391. The van der Waals surface area contributed by atoms with E-state index in [1.807, 2.05) is 0 Å². The predicted octanol–water partition coefficient (Wildman–Crippen LogP) is 2.52. The lowest BCUT2D eigenvalue weighted by atomic mass is 10.0. The van der Waals surface area contributed by atoms with Crippen LogP contribution in [-0.2, 0) is 0 Å². The molecule has 1 fully saturated rings. The summed E-state index contributed by atoms with van der Waals surface area (Å²) < 4.78 is 25.7. The van der Waals surface area contributed by atoms with Crippen LogP contribution in [0.15, 0.2) is 18.2 Å². The van der Waals surface area contributed by atoms with Gasteiger partial charge in [0.2, 0.25) is 0 Å². The standard InChI is InChI=1S/C12H16F2N2/c1-12(2)6-9(7-15-12)16-8-3-4-10(13)11(14)5-8/h3-5,9,15-16H,6-7H2,1-2H3. The number of rotatable bonds is 2. The van der Waals surface area contributed by atoms with E-state index < -0.39 is 11.6 Å². The van der Waals surface area contributed by atoms with Gasteiger partial charge in [-0.2, -0.15) is 0 Å². The van der Waals surface area contributed by atoms with Crippen molar-refractivity contribution in [2.45, 2.75) is 31.8 Å². The van der Waals surface area contributed by atoms with Gasteiger partial charge in [0, 0.05) is 29.9 Å². The highest BCUT2D eigenvalue weighted by Gasteiger charge is 2.29. The van der Waals surface area contributed by atoms with E-state index in [1.54, 1.807) is 6.07 Å². The second-order valence-corrected chi connectivity index (χ2v) is 4.94. The van der Waals surface area contributed by atoms with Crippen molar-refractivity contribution in [3.05, 3.63) is 29.8 Å². The van der Waals surface area contributed by atoms with Crippen LogP contribution < -0.4 is 10.6 Å². The molecule has 1 atom stereocenters. The zero-order valence-corrected chi connectivity index (χ0v) is 9.48. The first-order chi connectivity index (χ1) is 7.46. The van der Waals surface area contributed by atoms with Crippen LogP contribution in [0, 0.1) is 11.6 Å². The topological polar surface area (TPSA) is 24.1 Å². The molecule has 0 amide bonds. The van der Waals surface area contributed by atoms with Crippen molar-refractivity contribution in [2.24, 2.45) is 0 Å². The zero-order chi connectivity index (χ0) is 11.8. The van der Waals surface area contributed by atoms with Gasteiger partial charge in [-0.3, -0.25) is 0 Å². The molecule has 0 aromatic heterocycles. The summed E-state index contributed by atoms with van der Waals surface area (Å²) in [6.45, 7) is 5.09. The van der Waals surface area contributed by atoms with E-state index in [1.165, 1.54) is 6.07 Å². The van der Waals surface area contributed by atoms with Crippen LogP contribution in [0.4, 0.5) is 14.5 Å². The molecule has 0 saturated carbocycles. The van der Waals surface area contributed by atoms with E-state index >= 15 is 0 Å². The molecule has 0 bridgehead atoms. The molecule has 2 N–H and O–H groups in total. The van der Waals surface area contributed by atoms with Crippen molar-refractivity contribution in [2.75, 3.05) is 11.9 Å². The Morgan fingerprint density at radius 1 is 1.31 bits per heavy atom. The lowest BCUT2D eigenvalue weighted by molar-refractivity contribution is 0.457. The molecule has 1 heterocycles. The molecular formula is C12H16F2N2. The third-order valence-corrected chi connectivity index (χ3v) is 2.87. The second kappa shape index (κ2) is 4.01. The maximum Gasteiger partial charge on any atom is 0.160 e. The SMILES string of the molecule is CC1(C)CC(Nc2ccc(F)c(F)c2)CN1. The summed E-state index contributed by atoms with van der Waals surface area (Å²) in [6.07, 6.45) is 0.964. The average Bonchev–Trinajstić information content (AvgIpc) is 2.52. The zero-order valence-electron chi connectivity index (χ0n) is 9.48. The molecule has 1 aliphatic heterocycles. The molecule has 2 rings (SSSR count). The third kappa shape index (κ3) is 2.50. The smallest absolute Gasteiger partial charge is 0.160 e. The van der Waals surface area contributed by atoms with E-state index in [2.05, 4.69) is 24.5 Å². The van der Waals surface area contributed by atoms with Crippen molar-refractivity contribution < 1.29 is 8.78 Å². The molecule has 0 spiro atoms. The van der Waals surface area contributed by atoms with E-state index in [0.717, 1.165) is 19.0 Å². The molecule has 1 aromatic carbocycles. The van der Waals surface area contributed by atoms with Crippen LogP contribution in [0.5, 0.6) is 0 Å². The van der Waals surface area contributed by atoms with Gasteiger partial charge in [0.05, 0.1) is 0 Å². The monoisotopic (exact) mass is 226 g/mol. The number of nitrogens with one attached hydrogen (secondary N) is 2. The van der Waals surface area contributed by atoms with Crippen LogP contribution in [0.25, 0.3) is 0 Å². The van der Waals surface area contributed by atoms with Crippen molar-refractivity contribution in [1.29, 1.82) is 0 Å². The molecule has 1 aromatic rings. The Morgan fingerprint density at radius 3 is 2.62 bits per heavy atom. The normalized spacial score (nSPS) is 23.4. The van der Waals surface area contributed by atoms with Crippen LogP contribution in [-0.4, -0.2) is 18.1 Å². The summed E-state index contributed by atoms with van der Waals surface area (Å²) in [5.41, 5.74) is 0.736.